The fourth-order valence-corrected chi connectivity index (χ4v) is 3.16. The van der Waals surface area contributed by atoms with Gasteiger partial charge in [-0.05, 0) is 36.6 Å². The Morgan fingerprint density at radius 3 is 2.84 bits per heavy atom. The van der Waals surface area contributed by atoms with Crippen LogP contribution in [0.2, 0.25) is 0 Å². The summed E-state index contributed by atoms with van der Waals surface area (Å²) in [5, 5.41) is 11.3. The van der Waals surface area contributed by atoms with E-state index in [0.29, 0.717) is 11.6 Å². The first-order chi connectivity index (χ1) is 9.11. The van der Waals surface area contributed by atoms with Crippen LogP contribution in [0.5, 0.6) is 0 Å². The number of rotatable bonds is 4. The Morgan fingerprint density at radius 1 is 1.42 bits per heavy atom. The van der Waals surface area contributed by atoms with Gasteiger partial charge in [0.1, 0.15) is 6.07 Å². The highest BCUT2D eigenvalue weighted by Crippen LogP contribution is 2.26. The Morgan fingerprint density at radius 2 is 2.21 bits per heavy atom. The van der Waals surface area contributed by atoms with Crippen molar-refractivity contribution in [3.63, 3.8) is 0 Å². The molecule has 98 valence electrons. The van der Waals surface area contributed by atoms with Crippen LogP contribution in [0.25, 0.3) is 0 Å². The van der Waals surface area contributed by atoms with Crippen LogP contribution >= 0.6 is 27.3 Å². The van der Waals surface area contributed by atoms with Crippen molar-refractivity contribution in [2.75, 3.05) is 11.9 Å². The number of benzene rings is 1. The summed E-state index contributed by atoms with van der Waals surface area (Å²) in [6.45, 7) is 2.18. The molecule has 0 N–H and O–H groups in total. The molecule has 0 bridgehead atoms. The summed E-state index contributed by atoms with van der Waals surface area (Å²) in [5.41, 5.74) is 1.68. The van der Waals surface area contributed by atoms with E-state index in [9.17, 15) is 5.26 Å². The largest absolute Gasteiger partial charge is 0.370 e. The molecule has 0 radical (unpaired) electrons. The van der Waals surface area contributed by atoms with Gasteiger partial charge >= 0.3 is 0 Å². The average Bonchev–Trinajstić information content (AvgIpc) is 2.90. The lowest BCUT2D eigenvalue weighted by atomic mass is 10.1. The Kier molecular flexibility index (Phi) is 4.62. The monoisotopic (exact) mass is 334 g/mol. The van der Waals surface area contributed by atoms with Crippen molar-refractivity contribution in [3.8, 4) is 6.07 Å². The molecule has 0 aliphatic heterocycles. The summed E-state index contributed by atoms with van der Waals surface area (Å²) in [6, 6.07) is 12.6. The molecule has 1 unspecified atom stereocenters. The van der Waals surface area contributed by atoms with E-state index in [0.717, 1.165) is 16.6 Å². The molecule has 0 aliphatic carbocycles. The molecule has 4 heteroatoms. The molecule has 0 saturated heterocycles. The van der Waals surface area contributed by atoms with E-state index in [1.807, 2.05) is 25.2 Å². The summed E-state index contributed by atoms with van der Waals surface area (Å²) < 4.78 is 0.997. The third-order valence-corrected chi connectivity index (χ3v) is 4.59. The average molecular weight is 335 g/mol. The molecule has 0 saturated carbocycles. The second kappa shape index (κ2) is 6.23. The highest BCUT2D eigenvalue weighted by Gasteiger charge is 2.15. The van der Waals surface area contributed by atoms with Crippen molar-refractivity contribution in [2.45, 2.75) is 19.4 Å². The summed E-state index contributed by atoms with van der Waals surface area (Å²) in [7, 11) is 2.04. The molecule has 0 amide bonds. The maximum atomic E-state index is 9.21. The van der Waals surface area contributed by atoms with Gasteiger partial charge in [-0.25, -0.2) is 0 Å². The molecule has 0 fully saturated rings. The standard InChI is InChI=1S/C15H15BrN2S/c1-11(8-14-4-3-7-19-14)18(2)15-9-13(16)6-5-12(15)10-17/h3-7,9,11H,8H2,1-2H3. The van der Waals surface area contributed by atoms with E-state index in [4.69, 9.17) is 0 Å². The smallest absolute Gasteiger partial charge is 0.101 e. The van der Waals surface area contributed by atoms with Gasteiger partial charge in [0.25, 0.3) is 0 Å². The van der Waals surface area contributed by atoms with Gasteiger partial charge in [0.05, 0.1) is 11.3 Å². The normalized spacial score (nSPS) is 11.9. The van der Waals surface area contributed by atoms with Crippen LogP contribution in [0.3, 0.4) is 0 Å². The van der Waals surface area contributed by atoms with Gasteiger partial charge in [-0.2, -0.15) is 5.26 Å². The van der Waals surface area contributed by atoms with E-state index < -0.39 is 0 Å². The molecule has 2 aromatic rings. The lowest BCUT2D eigenvalue weighted by molar-refractivity contribution is 0.687. The Hall–Kier alpha value is -1.31. The van der Waals surface area contributed by atoms with Crippen LogP contribution in [0.15, 0.2) is 40.2 Å². The first kappa shape index (κ1) is 14.1. The lowest BCUT2D eigenvalue weighted by Gasteiger charge is -2.27. The molecule has 1 atom stereocenters. The van der Waals surface area contributed by atoms with Crippen molar-refractivity contribution >= 4 is 33.0 Å². The lowest BCUT2D eigenvalue weighted by Crippen LogP contribution is -2.31. The minimum Gasteiger partial charge on any atom is -0.370 e. The molecule has 1 aromatic carbocycles. The quantitative estimate of drug-likeness (QED) is 0.825. The second-order valence-corrected chi connectivity index (χ2v) is 6.46. The molecule has 1 aromatic heterocycles. The number of anilines is 1. The van der Waals surface area contributed by atoms with Gasteiger partial charge in [-0.1, -0.05) is 22.0 Å². The van der Waals surface area contributed by atoms with Crippen molar-refractivity contribution in [1.82, 2.24) is 0 Å². The second-order valence-electron chi connectivity index (χ2n) is 4.52. The van der Waals surface area contributed by atoms with E-state index >= 15 is 0 Å². The summed E-state index contributed by atoms with van der Waals surface area (Å²) in [4.78, 5) is 3.54. The van der Waals surface area contributed by atoms with Gasteiger partial charge in [0.15, 0.2) is 0 Å². The fraction of sp³-hybridized carbons (Fsp3) is 0.267. The maximum Gasteiger partial charge on any atom is 0.101 e. The minimum atomic E-state index is 0.347. The van der Waals surface area contributed by atoms with Crippen LogP contribution in [0.4, 0.5) is 5.69 Å². The number of hydrogen-bond acceptors (Lipinski definition) is 3. The van der Waals surface area contributed by atoms with Crippen LogP contribution in [-0.4, -0.2) is 13.1 Å². The number of nitriles is 1. The first-order valence-corrected chi connectivity index (χ1v) is 7.74. The zero-order chi connectivity index (χ0) is 13.8. The third-order valence-electron chi connectivity index (χ3n) is 3.20. The third kappa shape index (κ3) is 3.37. The predicted molar refractivity (Wildman–Crippen MR) is 84.7 cm³/mol. The summed E-state index contributed by atoms with van der Waals surface area (Å²) >= 11 is 5.25. The molecule has 0 spiro atoms. The zero-order valence-corrected chi connectivity index (χ0v) is 13.3. The van der Waals surface area contributed by atoms with Crippen LogP contribution in [-0.2, 0) is 6.42 Å². The fourth-order valence-electron chi connectivity index (χ4n) is 1.99. The van der Waals surface area contributed by atoms with Crippen LogP contribution < -0.4 is 4.90 Å². The van der Waals surface area contributed by atoms with Gasteiger partial charge in [0.2, 0.25) is 0 Å². The topological polar surface area (TPSA) is 27.0 Å². The predicted octanol–water partition coefficient (Wildman–Crippen LogP) is 4.45. The summed E-state index contributed by atoms with van der Waals surface area (Å²) in [5.74, 6) is 0. The van der Waals surface area contributed by atoms with Crippen molar-refractivity contribution < 1.29 is 0 Å². The Labute approximate surface area is 126 Å². The van der Waals surface area contributed by atoms with Crippen LogP contribution in [0.1, 0.15) is 17.4 Å². The van der Waals surface area contributed by atoms with Gasteiger partial charge < -0.3 is 4.90 Å². The van der Waals surface area contributed by atoms with Gasteiger partial charge in [0, 0.05) is 28.9 Å². The number of nitrogens with zero attached hydrogens (tertiary/aromatic N) is 2. The van der Waals surface area contributed by atoms with Crippen molar-refractivity contribution in [2.24, 2.45) is 0 Å². The van der Waals surface area contributed by atoms with Crippen molar-refractivity contribution in [1.29, 1.82) is 5.26 Å². The molecule has 2 nitrogen and oxygen atoms in total. The molecule has 2 rings (SSSR count). The number of hydrogen-bond donors (Lipinski definition) is 0. The highest BCUT2D eigenvalue weighted by molar-refractivity contribution is 9.10. The maximum absolute atomic E-state index is 9.21. The molecular formula is C15H15BrN2S. The number of likely N-dealkylation sites (N-methyl/N-ethyl adjacent to an activating group) is 1. The van der Waals surface area contributed by atoms with E-state index in [-0.39, 0.29) is 0 Å². The first-order valence-electron chi connectivity index (χ1n) is 6.06. The number of halogens is 1. The Balaban J connectivity index is 2.21. The summed E-state index contributed by atoms with van der Waals surface area (Å²) in [6.07, 6.45) is 0.992. The molecule has 19 heavy (non-hydrogen) atoms. The minimum absolute atomic E-state index is 0.347. The van der Waals surface area contributed by atoms with Gasteiger partial charge in [-0.3, -0.25) is 0 Å². The Bertz CT molecular complexity index is 587. The van der Waals surface area contributed by atoms with Gasteiger partial charge in [-0.15, -0.1) is 11.3 Å². The molecular weight excluding hydrogens is 320 g/mol. The highest BCUT2D eigenvalue weighted by atomic mass is 79.9. The van der Waals surface area contributed by atoms with Crippen molar-refractivity contribution in [3.05, 3.63) is 50.6 Å². The zero-order valence-electron chi connectivity index (χ0n) is 10.9. The van der Waals surface area contributed by atoms with E-state index in [1.54, 1.807) is 11.3 Å². The SMILES string of the molecule is CC(Cc1cccs1)N(C)c1cc(Br)ccc1C#N. The van der Waals surface area contributed by atoms with Crippen LogP contribution in [0, 0.1) is 11.3 Å². The molecule has 0 aliphatic rings. The van der Waals surface area contributed by atoms with E-state index in [2.05, 4.69) is 51.3 Å². The molecule has 1 heterocycles. The number of thiophene rings is 1. The van der Waals surface area contributed by atoms with E-state index in [1.165, 1.54) is 4.88 Å².